The van der Waals surface area contributed by atoms with Gasteiger partial charge in [0, 0.05) is 18.2 Å². The molecule has 1 saturated heterocycles. The summed E-state index contributed by atoms with van der Waals surface area (Å²) < 4.78 is 0. The lowest BCUT2D eigenvalue weighted by Crippen LogP contribution is -2.37. The minimum Gasteiger partial charge on any atom is -0.344 e. The summed E-state index contributed by atoms with van der Waals surface area (Å²) in [6, 6.07) is 1.40. The molecule has 92 valence electrons. The summed E-state index contributed by atoms with van der Waals surface area (Å²) in [6.45, 7) is 2.08. The molecule has 2 amide bonds. The van der Waals surface area contributed by atoms with Crippen molar-refractivity contribution in [3.05, 3.63) is 11.8 Å². The Balaban J connectivity index is 1.91. The Bertz CT molecular complexity index is 427. The van der Waals surface area contributed by atoms with Crippen LogP contribution in [0, 0.1) is 0 Å². The summed E-state index contributed by atoms with van der Waals surface area (Å²) >= 11 is 0. The van der Waals surface area contributed by atoms with Gasteiger partial charge in [0.15, 0.2) is 5.82 Å². The number of H-pyrrole nitrogens is 1. The molecule has 0 spiro atoms. The Kier molecular flexibility index (Phi) is 3.41. The fourth-order valence-electron chi connectivity index (χ4n) is 1.85. The standard InChI is InChI=1S/C11H16N4O2/c1-2-3-7-6-9(15-14-7)13-11(17)8-4-5-10(16)12-8/h6,8H,2-5H2,1H3,(H,12,16)(H2,13,14,15,17). The van der Waals surface area contributed by atoms with E-state index in [4.69, 9.17) is 0 Å². The average molecular weight is 236 g/mol. The third kappa shape index (κ3) is 2.83. The zero-order valence-corrected chi connectivity index (χ0v) is 9.75. The molecule has 1 aromatic heterocycles. The maximum absolute atomic E-state index is 11.7. The van der Waals surface area contributed by atoms with Crippen LogP contribution in [0.1, 0.15) is 31.9 Å². The molecule has 2 heterocycles. The number of amides is 2. The molecule has 17 heavy (non-hydrogen) atoms. The third-order valence-electron chi connectivity index (χ3n) is 2.71. The van der Waals surface area contributed by atoms with E-state index >= 15 is 0 Å². The number of aryl methyl sites for hydroxylation is 1. The molecule has 6 nitrogen and oxygen atoms in total. The van der Waals surface area contributed by atoms with E-state index in [1.54, 1.807) is 0 Å². The van der Waals surface area contributed by atoms with Crippen LogP contribution in [0.15, 0.2) is 6.07 Å². The average Bonchev–Trinajstić information content (AvgIpc) is 2.88. The number of carbonyl (C=O) groups excluding carboxylic acids is 2. The number of nitrogens with one attached hydrogen (secondary N) is 3. The number of hydrogen-bond acceptors (Lipinski definition) is 3. The zero-order chi connectivity index (χ0) is 12.3. The topological polar surface area (TPSA) is 86.9 Å². The van der Waals surface area contributed by atoms with Gasteiger partial charge in [0.25, 0.3) is 0 Å². The summed E-state index contributed by atoms with van der Waals surface area (Å²) in [5, 5.41) is 12.2. The van der Waals surface area contributed by atoms with Crippen LogP contribution in [0.5, 0.6) is 0 Å². The second kappa shape index (κ2) is 4.99. The van der Waals surface area contributed by atoms with Crippen LogP contribution >= 0.6 is 0 Å². The SMILES string of the molecule is CCCc1cc(NC(=O)C2CCC(=O)N2)n[nH]1. The van der Waals surface area contributed by atoms with Crippen molar-refractivity contribution >= 4 is 17.6 Å². The van der Waals surface area contributed by atoms with Gasteiger partial charge in [-0.05, 0) is 12.8 Å². The fourth-order valence-corrected chi connectivity index (χ4v) is 1.85. The summed E-state index contributed by atoms with van der Waals surface area (Å²) in [5.41, 5.74) is 0.998. The first kappa shape index (κ1) is 11.6. The van der Waals surface area contributed by atoms with Crippen LogP contribution in [-0.2, 0) is 16.0 Å². The number of hydrogen-bond donors (Lipinski definition) is 3. The molecule has 3 N–H and O–H groups in total. The number of rotatable bonds is 4. The second-order valence-corrected chi connectivity index (χ2v) is 4.18. The summed E-state index contributed by atoms with van der Waals surface area (Å²) in [7, 11) is 0. The number of aromatic amines is 1. The summed E-state index contributed by atoms with van der Waals surface area (Å²) in [4.78, 5) is 22.7. The van der Waals surface area contributed by atoms with Gasteiger partial charge in [0.1, 0.15) is 6.04 Å². The minimum absolute atomic E-state index is 0.0705. The smallest absolute Gasteiger partial charge is 0.248 e. The quantitative estimate of drug-likeness (QED) is 0.714. The van der Waals surface area contributed by atoms with Gasteiger partial charge in [-0.1, -0.05) is 13.3 Å². The summed E-state index contributed by atoms with van der Waals surface area (Å²) in [6.07, 6.45) is 2.90. The number of carbonyl (C=O) groups is 2. The van der Waals surface area contributed by atoms with Crippen molar-refractivity contribution in [3.8, 4) is 0 Å². The molecular weight excluding hydrogens is 220 g/mol. The van der Waals surface area contributed by atoms with Crippen molar-refractivity contribution in [1.29, 1.82) is 0 Å². The highest BCUT2D eigenvalue weighted by atomic mass is 16.2. The van der Waals surface area contributed by atoms with Crippen molar-refractivity contribution in [2.75, 3.05) is 5.32 Å². The monoisotopic (exact) mass is 236 g/mol. The van der Waals surface area contributed by atoms with Gasteiger partial charge >= 0.3 is 0 Å². The maximum atomic E-state index is 11.7. The van der Waals surface area contributed by atoms with Crippen LogP contribution in [-0.4, -0.2) is 28.1 Å². The van der Waals surface area contributed by atoms with Crippen LogP contribution in [0.25, 0.3) is 0 Å². The first-order valence-corrected chi connectivity index (χ1v) is 5.83. The van der Waals surface area contributed by atoms with Crippen LogP contribution < -0.4 is 10.6 Å². The Morgan fingerprint density at radius 1 is 1.65 bits per heavy atom. The zero-order valence-electron chi connectivity index (χ0n) is 9.75. The molecule has 1 aromatic rings. The van der Waals surface area contributed by atoms with E-state index < -0.39 is 6.04 Å². The minimum atomic E-state index is -0.422. The fraction of sp³-hybridized carbons (Fsp3) is 0.545. The number of anilines is 1. The van der Waals surface area contributed by atoms with Crippen LogP contribution in [0.2, 0.25) is 0 Å². The highest BCUT2D eigenvalue weighted by molar-refractivity contribution is 5.98. The normalized spacial score (nSPS) is 19.1. The van der Waals surface area contributed by atoms with E-state index in [9.17, 15) is 9.59 Å². The largest absolute Gasteiger partial charge is 0.344 e. The maximum Gasteiger partial charge on any atom is 0.248 e. The molecular formula is C11H16N4O2. The van der Waals surface area contributed by atoms with Gasteiger partial charge in [0.2, 0.25) is 11.8 Å². The van der Waals surface area contributed by atoms with E-state index in [1.165, 1.54) is 0 Å². The first-order valence-electron chi connectivity index (χ1n) is 5.83. The number of aromatic nitrogens is 2. The Morgan fingerprint density at radius 3 is 3.12 bits per heavy atom. The molecule has 6 heteroatoms. The molecule has 0 saturated carbocycles. The van der Waals surface area contributed by atoms with Crippen LogP contribution in [0.4, 0.5) is 5.82 Å². The molecule has 1 unspecified atom stereocenters. The first-order chi connectivity index (χ1) is 8.19. The van der Waals surface area contributed by atoms with Gasteiger partial charge in [-0.15, -0.1) is 0 Å². The van der Waals surface area contributed by atoms with Gasteiger partial charge in [-0.2, -0.15) is 5.10 Å². The number of nitrogens with zero attached hydrogens (tertiary/aromatic N) is 1. The molecule has 0 radical (unpaired) electrons. The van der Waals surface area contributed by atoms with Gasteiger partial charge < -0.3 is 10.6 Å². The Labute approximate surface area is 99.2 Å². The molecule has 1 aliphatic rings. The van der Waals surface area contributed by atoms with E-state index in [1.807, 2.05) is 6.07 Å². The van der Waals surface area contributed by atoms with Crippen molar-refractivity contribution in [2.45, 2.75) is 38.6 Å². The molecule has 1 atom stereocenters. The Morgan fingerprint density at radius 2 is 2.47 bits per heavy atom. The van der Waals surface area contributed by atoms with E-state index in [-0.39, 0.29) is 11.8 Å². The molecule has 0 aromatic carbocycles. The molecule has 2 rings (SSSR count). The predicted molar refractivity (Wildman–Crippen MR) is 62.4 cm³/mol. The second-order valence-electron chi connectivity index (χ2n) is 4.18. The lowest BCUT2D eigenvalue weighted by atomic mass is 10.2. The van der Waals surface area contributed by atoms with Crippen molar-refractivity contribution in [2.24, 2.45) is 0 Å². The third-order valence-corrected chi connectivity index (χ3v) is 2.71. The molecule has 1 fully saturated rings. The van der Waals surface area contributed by atoms with Gasteiger partial charge in [0.05, 0.1) is 0 Å². The summed E-state index contributed by atoms with van der Waals surface area (Å²) in [5.74, 6) is 0.240. The lowest BCUT2D eigenvalue weighted by Gasteiger charge is -2.08. The highest BCUT2D eigenvalue weighted by Crippen LogP contribution is 2.11. The van der Waals surface area contributed by atoms with Gasteiger partial charge in [-0.25, -0.2) is 0 Å². The van der Waals surface area contributed by atoms with Gasteiger partial charge in [-0.3, -0.25) is 14.7 Å². The van der Waals surface area contributed by atoms with E-state index in [0.29, 0.717) is 18.7 Å². The van der Waals surface area contributed by atoms with Crippen LogP contribution in [0.3, 0.4) is 0 Å². The van der Waals surface area contributed by atoms with Crippen molar-refractivity contribution in [3.63, 3.8) is 0 Å². The molecule has 1 aliphatic heterocycles. The highest BCUT2D eigenvalue weighted by Gasteiger charge is 2.27. The Hall–Kier alpha value is -1.85. The van der Waals surface area contributed by atoms with E-state index in [0.717, 1.165) is 18.5 Å². The van der Waals surface area contributed by atoms with Crippen molar-refractivity contribution in [1.82, 2.24) is 15.5 Å². The lowest BCUT2D eigenvalue weighted by molar-refractivity contribution is -0.122. The molecule has 0 aliphatic carbocycles. The van der Waals surface area contributed by atoms with Crippen molar-refractivity contribution < 1.29 is 9.59 Å². The predicted octanol–water partition coefficient (Wildman–Crippen LogP) is 0.579. The van der Waals surface area contributed by atoms with E-state index in [2.05, 4.69) is 27.8 Å². The molecule has 0 bridgehead atoms.